The van der Waals surface area contributed by atoms with Crippen LogP contribution in [0.4, 0.5) is 5.69 Å². The van der Waals surface area contributed by atoms with E-state index in [9.17, 15) is 13.2 Å². The average Bonchev–Trinajstić information content (AvgIpc) is 2.96. The third-order valence-electron chi connectivity index (χ3n) is 4.68. The fourth-order valence-electron chi connectivity index (χ4n) is 3.19. The number of nitrogens with zero attached hydrogens (tertiary/aromatic N) is 2. The van der Waals surface area contributed by atoms with E-state index in [1.165, 1.54) is 28.6 Å². The van der Waals surface area contributed by atoms with E-state index in [-0.39, 0.29) is 17.3 Å². The zero-order valence-electron chi connectivity index (χ0n) is 15.1. The van der Waals surface area contributed by atoms with Crippen LogP contribution < -0.4 is 4.31 Å². The van der Waals surface area contributed by atoms with Gasteiger partial charge in [0.1, 0.15) is 6.54 Å². The lowest BCUT2D eigenvalue weighted by Crippen LogP contribution is -2.43. The van der Waals surface area contributed by atoms with Crippen molar-refractivity contribution in [2.24, 2.45) is 0 Å². The molecular formula is C20H23ClN2O3S. The first kappa shape index (κ1) is 19.7. The van der Waals surface area contributed by atoms with E-state index >= 15 is 0 Å². The molecule has 1 fully saturated rings. The van der Waals surface area contributed by atoms with Crippen molar-refractivity contribution in [1.82, 2.24) is 4.90 Å². The van der Waals surface area contributed by atoms with Gasteiger partial charge in [-0.05, 0) is 49.2 Å². The van der Waals surface area contributed by atoms with Crippen molar-refractivity contribution < 1.29 is 13.2 Å². The second-order valence-corrected chi connectivity index (χ2v) is 8.89. The lowest BCUT2D eigenvalue weighted by molar-refractivity contribution is -0.129. The second kappa shape index (κ2) is 8.76. The molecule has 0 aliphatic carbocycles. The zero-order valence-corrected chi connectivity index (χ0v) is 16.6. The van der Waals surface area contributed by atoms with Gasteiger partial charge in [0.25, 0.3) is 10.0 Å². The minimum atomic E-state index is -3.89. The summed E-state index contributed by atoms with van der Waals surface area (Å²) in [5.41, 5.74) is 0.468. The van der Waals surface area contributed by atoms with Crippen molar-refractivity contribution in [2.45, 2.75) is 30.6 Å². The molecule has 2 aromatic carbocycles. The van der Waals surface area contributed by atoms with Crippen LogP contribution in [0.5, 0.6) is 0 Å². The summed E-state index contributed by atoms with van der Waals surface area (Å²) in [4.78, 5) is 14.8. The van der Waals surface area contributed by atoms with Crippen molar-refractivity contribution in [3.05, 3.63) is 59.6 Å². The number of carbonyl (C=O) groups excluding carboxylic acids is 1. The third-order valence-corrected chi connectivity index (χ3v) is 6.72. The number of sulfonamides is 1. The molecule has 3 rings (SSSR count). The lowest BCUT2D eigenvalue weighted by Gasteiger charge is -2.28. The highest BCUT2D eigenvalue weighted by Gasteiger charge is 2.29. The SMILES string of the molecule is O=C(CN(c1ccccc1)S(=O)(=O)c1ccc(Cl)cc1)N1CCCCCC1. The van der Waals surface area contributed by atoms with Gasteiger partial charge in [0.05, 0.1) is 10.6 Å². The largest absolute Gasteiger partial charge is 0.341 e. The van der Waals surface area contributed by atoms with Gasteiger partial charge in [-0.15, -0.1) is 0 Å². The van der Waals surface area contributed by atoms with Crippen LogP contribution in [0.2, 0.25) is 5.02 Å². The Kier molecular flexibility index (Phi) is 6.39. The molecule has 0 radical (unpaired) electrons. The van der Waals surface area contributed by atoms with Gasteiger partial charge in [-0.2, -0.15) is 0 Å². The average molecular weight is 407 g/mol. The zero-order chi connectivity index (χ0) is 19.3. The molecule has 0 saturated carbocycles. The fraction of sp³-hybridized carbons (Fsp3) is 0.350. The summed E-state index contributed by atoms with van der Waals surface area (Å²) in [7, 11) is -3.89. The molecule has 0 N–H and O–H groups in total. The van der Waals surface area contributed by atoms with Crippen LogP contribution >= 0.6 is 11.6 Å². The minimum Gasteiger partial charge on any atom is -0.341 e. The summed E-state index contributed by atoms with van der Waals surface area (Å²) in [6.07, 6.45) is 4.13. The smallest absolute Gasteiger partial charge is 0.264 e. The van der Waals surface area contributed by atoms with Crippen LogP contribution in [0.3, 0.4) is 0 Å². The number of halogens is 1. The van der Waals surface area contributed by atoms with Crippen LogP contribution in [-0.4, -0.2) is 38.9 Å². The van der Waals surface area contributed by atoms with E-state index in [1.54, 1.807) is 29.2 Å². The number of carbonyl (C=O) groups is 1. The normalized spacial score (nSPS) is 15.2. The van der Waals surface area contributed by atoms with E-state index in [0.29, 0.717) is 23.8 Å². The van der Waals surface area contributed by atoms with Gasteiger partial charge in [0.2, 0.25) is 5.91 Å². The van der Waals surface area contributed by atoms with E-state index in [1.807, 2.05) is 6.07 Å². The van der Waals surface area contributed by atoms with Gasteiger partial charge < -0.3 is 4.90 Å². The highest BCUT2D eigenvalue weighted by Crippen LogP contribution is 2.25. The Morgan fingerprint density at radius 2 is 1.52 bits per heavy atom. The molecule has 2 aromatic rings. The number of hydrogen-bond acceptors (Lipinski definition) is 3. The van der Waals surface area contributed by atoms with E-state index in [0.717, 1.165) is 25.7 Å². The van der Waals surface area contributed by atoms with E-state index in [4.69, 9.17) is 11.6 Å². The lowest BCUT2D eigenvalue weighted by atomic mass is 10.2. The Balaban J connectivity index is 1.91. The molecule has 0 spiro atoms. The molecule has 0 bridgehead atoms. The molecule has 5 nitrogen and oxygen atoms in total. The van der Waals surface area contributed by atoms with Crippen molar-refractivity contribution in [3.63, 3.8) is 0 Å². The number of anilines is 1. The molecular weight excluding hydrogens is 384 g/mol. The maximum absolute atomic E-state index is 13.2. The first-order chi connectivity index (χ1) is 13.0. The molecule has 1 aliphatic heterocycles. The topological polar surface area (TPSA) is 57.7 Å². The number of amides is 1. The highest BCUT2D eigenvalue weighted by atomic mass is 35.5. The van der Waals surface area contributed by atoms with Crippen molar-refractivity contribution in [1.29, 1.82) is 0 Å². The minimum absolute atomic E-state index is 0.111. The van der Waals surface area contributed by atoms with Crippen LogP contribution in [0, 0.1) is 0 Å². The fourth-order valence-corrected chi connectivity index (χ4v) is 4.73. The molecule has 1 heterocycles. The summed E-state index contributed by atoms with van der Waals surface area (Å²) in [5.74, 6) is -0.168. The summed E-state index contributed by atoms with van der Waals surface area (Å²) in [6, 6.07) is 14.7. The molecule has 0 unspecified atom stereocenters. The van der Waals surface area contributed by atoms with Crippen LogP contribution in [0.1, 0.15) is 25.7 Å². The van der Waals surface area contributed by atoms with Crippen LogP contribution in [0.15, 0.2) is 59.5 Å². The number of benzene rings is 2. The standard InChI is InChI=1S/C20H23ClN2O3S/c21-17-10-12-19(13-11-17)27(25,26)23(18-8-4-3-5-9-18)16-20(24)22-14-6-1-2-7-15-22/h3-5,8-13H,1-2,6-7,14-16H2. The molecule has 144 valence electrons. The Bertz CT molecular complexity index is 862. The van der Waals surface area contributed by atoms with Crippen molar-refractivity contribution in [2.75, 3.05) is 23.9 Å². The number of hydrogen-bond donors (Lipinski definition) is 0. The molecule has 27 heavy (non-hydrogen) atoms. The predicted molar refractivity (Wildman–Crippen MR) is 107 cm³/mol. The van der Waals surface area contributed by atoms with Crippen LogP contribution in [-0.2, 0) is 14.8 Å². The van der Waals surface area contributed by atoms with E-state index in [2.05, 4.69) is 0 Å². The summed E-state index contributed by atoms with van der Waals surface area (Å²) in [6.45, 7) is 1.15. The van der Waals surface area contributed by atoms with Crippen molar-refractivity contribution in [3.8, 4) is 0 Å². The highest BCUT2D eigenvalue weighted by molar-refractivity contribution is 7.92. The van der Waals surface area contributed by atoms with Crippen molar-refractivity contribution >= 4 is 33.2 Å². The first-order valence-corrected chi connectivity index (χ1v) is 10.9. The summed E-state index contributed by atoms with van der Waals surface area (Å²) >= 11 is 5.89. The number of para-hydroxylation sites is 1. The Labute approximate surface area is 165 Å². The molecule has 1 amide bonds. The van der Waals surface area contributed by atoms with Gasteiger partial charge in [-0.1, -0.05) is 42.6 Å². The Morgan fingerprint density at radius 3 is 2.11 bits per heavy atom. The number of likely N-dealkylation sites (tertiary alicyclic amines) is 1. The maximum atomic E-state index is 13.2. The summed E-state index contributed by atoms with van der Waals surface area (Å²) < 4.78 is 27.7. The van der Waals surface area contributed by atoms with Gasteiger partial charge in [-0.25, -0.2) is 8.42 Å². The third kappa shape index (κ3) is 4.82. The molecule has 1 aliphatic rings. The van der Waals surface area contributed by atoms with Gasteiger partial charge in [0, 0.05) is 18.1 Å². The predicted octanol–water partition coefficient (Wildman–Crippen LogP) is 3.94. The summed E-state index contributed by atoms with van der Waals surface area (Å²) in [5, 5.41) is 0.459. The van der Waals surface area contributed by atoms with Crippen LogP contribution in [0.25, 0.3) is 0 Å². The Morgan fingerprint density at radius 1 is 0.926 bits per heavy atom. The van der Waals surface area contributed by atoms with Gasteiger partial charge >= 0.3 is 0 Å². The van der Waals surface area contributed by atoms with Gasteiger partial charge in [0.15, 0.2) is 0 Å². The second-order valence-electron chi connectivity index (χ2n) is 6.60. The molecule has 1 saturated heterocycles. The van der Waals surface area contributed by atoms with Gasteiger partial charge in [-0.3, -0.25) is 9.10 Å². The molecule has 0 aromatic heterocycles. The first-order valence-electron chi connectivity index (χ1n) is 9.09. The Hall–Kier alpha value is -2.05. The quantitative estimate of drug-likeness (QED) is 0.755. The monoisotopic (exact) mass is 406 g/mol. The molecule has 0 atom stereocenters. The van der Waals surface area contributed by atoms with E-state index < -0.39 is 10.0 Å². The number of rotatable bonds is 5. The maximum Gasteiger partial charge on any atom is 0.264 e. The molecule has 7 heteroatoms.